The van der Waals surface area contributed by atoms with Crippen molar-refractivity contribution in [3.63, 3.8) is 0 Å². The highest BCUT2D eigenvalue weighted by Gasteiger charge is 2.56. The largest absolute Gasteiger partial charge is 0.491 e. The van der Waals surface area contributed by atoms with Gasteiger partial charge in [-0.1, -0.05) is 60.2 Å². The Balaban J connectivity index is 1.26. The van der Waals surface area contributed by atoms with Crippen LogP contribution in [0, 0.1) is 17.8 Å². The van der Waals surface area contributed by atoms with Crippen LogP contribution in [0.1, 0.15) is 47.2 Å². The number of para-hydroxylation sites is 1. The molecule has 2 amide bonds. The van der Waals surface area contributed by atoms with Gasteiger partial charge in [0, 0.05) is 39.3 Å². The maximum Gasteiger partial charge on any atom is 0.238 e. The minimum atomic E-state index is -0.727. The van der Waals surface area contributed by atoms with E-state index in [0.29, 0.717) is 51.3 Å². The lowest BCUT2D eigenvalue weighted by Gasteiger charge is -2.42. The molecule has 1 heterocycles. The van der Waals surface area contributed by atoms with E-state index in [1.54, 1.807) is 67.6 Å². The number of allylic oxidation sites excluding steroid dienone is 6. The number of Topliss-reactive ketones (excluding diaryl/α,β-unsaturated/α-hetero) is 1. The summed E-state index contributed by atoms with van der Waals surface area (Å²) in [5, 5.41) is 9.44. The number of fused-ring (bicyclic) bond motifs is 3. The van der Waals surface area contributed by atoms with E-state index in [1.165, 1.54) is 11.0 Å². The molecule has 7 rings (SSSR count). The molecule has 1 aliphatic heterocycles. The number of ether oxygens (including phenoxy) is 1. The quantitative estimate of drug-likeness (QED) is 0.174. The molecule has 0 bridgehead atoms. The number of ketones is 3. The summed E-state index contributed by atoms with van der Waals surface area (Å²) in [7, 11) is 0. The molecular formula is C38H31NO7. The normalized spacial score (nSPS) is 23.8. The second-order valence-corrected chi connectivity index (χ2v) is 12.1. The topological polar surface area (TPSA) is 118 Å². The van der Waals surface area contributed by atoms with Crippen molar-refractivity contribution in [2.45, 2.75) is 25.7 Å². The number of carbonyl (C=O) groups is 5. The standard InChI is InChI=1S/C38H31NO7/c1-21-19-30(41)29-20-28-25(32(34(29)35(21)42)26-9-5-6-10-31(26)46-18-17-40)15-16-27-33(28)38(45)39(37(27)44)24-13-11-23(12-14-24)36(43)22-7-3-2-4-8-22/h2-15,19,27-28,32-33,40H,16-18,20H2,1H3. The average molecular weight is 614 g/mol. The van der Waals surface area contributed by atoms with Crippen molar-refractivity contribution < 1.29 is 33.8 Å². The first-order chi connectivity index (χ1) is 22.3. The van der Waals surface area contributed by atoms with Crippen LogP contribution < -0.4 is 9.64 Å². The number of amides is 2. The highest BCUT2D eigenvalue weighted by atomic mass is 16.5. The van der Waals surface area contributed by atoms with Crippen molar-refractivity contribution in [3.8, 4) is 5.75 Å². The highest BCUT2D eigenvalue weighted by molar-refractivity contribution is 6.25. The Morgan fingerprint density at radius 3 is 2.30 bits per heavy atom. The van der Waals surface area contributed by atoms with E-state index >= 15 is 0 Å². The fourth-order valence-electron chi connectivity index (χ4n) is 7.50. The van der Waals surface area contributed by atoms with E-state index in [-0.39, 0.29) is 48.8 Å². The fraction of sp³-hybridized carbons (Fsp3) is 0.237. The molecule has 230 valence electrons. The van der Waals surface area contributed by atoms with Gasteiger partial charge in [0.15, 0.2) is 17.3 Å². The summed E-state index contributed by atoms with van der Waals surface area (Å²) in [6.45, 7) is 1.48. The van der Waals surface area contributed by atoms with Crippen molar-refractivity contribution in [2.24, 2.45) is 17.8 Å². The monoisotopic (exact) mass is 613 g/mol. The van der Waals surface area contributed by atoms with Crippen LogP contribution in [-0.2, 0) is 19.2 Å². The Labute approximate surface area is 265 Å². The molecule has 3 aliphatic carbocycles. The molecule has 8 heteroatoms. The van der Waals surface area contributed by atoms with Gasteiger partial charge in [-0.05, 0) is 62.1 Å². The molecule has 1 N–H and O–H groups in total. The van der Waals surface area contributed by atoms with Crippen LogP contribution >= 0.6 is 0 Å². The minimum Gasteiger partial charge on any atom is -0.491 e. The third kappa shape index (κ3) is 4.68. The van der Waals surface area contributed by atoms with Crippen molar-refractivity contribution in [3.05, 3.63) is 130 Å². The van der Waals surface area contributed by atoms with E-state index in [4.69, 9.17) is 4.74 Å². The Bertz CT molecular complexity index is 1900. The second-order valence-electron chi connectivity index (χ2n) is 12.1. The lowest BCUT2D eigenvalue weighted by atomic mass is 9.59. The number of imide groups is 1. The van der Waals surface area contributed by atoms with Gasteiger partial charge in [-0.2, -0.15) is 0 Å². The zero-order valence-electron chi connectivity index (χ0n) is 25.1. The van der Waals surface area contributed by atoms with Crippen molar-refractivity contribution in [1.29, 1.82) is 0 Å². The Morgan fingerprint density at radius 1 is 0.870 bits per heavy atom. The Kier molecular flexibility index (Phi) is 7.45. The first-order valence-corrected chi connectivity index (χ1v) is 15.4. The van der Waals surface area contributed by atoms with Crippen molar-refractivity contribution in [2.75, 3.05) is 18.1 Å². The number of benzene rings is 3. The number of aliphatic hydroxyl groups is 1. The lowest BCUT2D eigenvalue weighted by molar-refractivity contribution is -0.123. The number of aliphatic hydroxyl groups excluding tert-OH is 1. The van der Waals surface area contributed by atoms with Crippen LogP contribution in [0.5, 0.6) is 5.75 Å². The van der Waals surface area contributed by atoms with Crippen LogP contribution in [0.15, 0.2) is 113 Å². The molecule has 4 aliphatic rings. The van der Waals surface area contributed by atoms with Crippen molar-refractivity contribution >= 4 is 34.9 Å². The summed E-state index contributed by atoms with van der Waals surface area (Å²) in [4.78, 5) is 69.4. The molecule has 0 spiro atoms. The SMILES string of the molecule is CC1=CC(=O)C2=C(C1=O)C(c1ccccc1OCCO)C1=CCC3C(=O)N(c4ccc(C(=O)c5ccccc5)cc4)C(=O)C3C1C2. The predicted octanol–water partition coefficient (Wildman–Crippen LogP) is 4.92. The van der Waals surface area contributed by atoms with Crippen LogP contribution in [0.3, 0.4) is 0 Å². The van der Waals surface area contributed by atoms with E-state index in [9.17, 15) is 29.1 Å². The van der Waals surface area contributed by atoms with Gasteiger partial charge in [-0.25, -0.2) is 0 Å². The van der Waals surface area contributed by atoms with Crippen molar-refractivity contribution in [1.82, 2.24) is 0 Å². The Hall–Kier alpha value is -5.21. The molecule has 3 aromatic carbocycles. The van der Waals surface area contributed by atoms with Gasteiger partial charge in [-0.15, -0.1) is 0 Å². The summed E-state index contributed by atoms with van der Waals surface area (Å²) in [5.74, 6) is -3.34. The van der Waals surface area contributed by atoms with Gasteiger partial charge < -0.3 is 9.84 Å². The summed E-state index contributed by atoms with van der Waals surface area (Å²) >= 11 is 0. The zero-order chi connectivity index (χ0) is 32.1. The van der Waals surface area contributed by atoms with Crippen LogP contribution in [0.4, 0.5) is 5.69 Å². The third-order valence-electron chi connectivity index (χ3n) is 9.57. The number of carbonyl (C=O) groups excluding carboxylic acids is 5. The van der Waals surface area contributed by atoms with E-state index in [2.05, 4.69) is 0 Å². The molecule has 4 unspecified atom stereocenters. The molecule has 0 aromatic heterocycles. The molecule has 1 saturated heterocycles. The molecule has 0 radical (unpaired) electrons. The third-order valence-corrected chi connectivity index (χ3v) is 9.57. The predicted molar refractivity (Wildman–Crippen MR) is 169 cm³/mol. The first-order valence-electron chi connectivity index (χ1n) is 15.4. The highest BCUT2D eigenvalue weighted by Crippen LogP contribution is 2.56. The van der Waals surface area contributed by atoms with Gasteiger partial charge in [0.05, 0.1) is 24.1 Å². The number of rotatable bonds is 7. The first kappa shape index (κ1) is 29.5. The van der Waals surface area contributed by atoms with E-state index in [0.717, 1.165) is 5.57 Å². The van der Waals surface area contributed by atoms with E-state index < -0.39 is 23.7 Å². The van der Waals surface area contributed by atoms with Gasteiger partial charge in [0.2, 0.25) is 11.8 Å². The summed E-state index contributed by atoms with van der Waals surface area (Å²) in [6.07, 6.45) is 3.79. The molecule has 46 heavy (non-hydrogen) atoms. The molecule has 3 aromatic rings. The Morgan fingerprint density at radius 2 is 1.57 bits per heavy atom. The lowest BCUT2D eigenvalue weighted by Crippen LogP contribution is -2.40. The maximum atomic E-state index is 14.2. The summed E-state index contributed by atoms with van der Waals surface area (Å²) in [6, 6.07) is 22.6. The zero-order valence-corrected chi connectivity index (χ0v) is 25.1. The van der Waals surface area contributed by atoms with Gasteiger partial charge in [0.25, 0.3) is 0 Å². The second kappa shape index (κ2) is 11.6. The van der Waals surface area contributed by atoms with Gasteiger partial charge >= 0.3 is 0 Å². The minimum absolute atomic E-state index is 0.0479. The van der Waals surface area contributed by atoms with Gasteiger partial charge in [-0.3, -0.25) is 28.9 Å². The molecule has 8 nitrogen and oxygen atoms in total. The number of hydrogen-bond acceptors (Lipinski definition) is 7. The van der Waals surface area contributed by atoms with Crippen LogP contribution in [0.2, 0.25) is 0 Å². The smallest absolute Gasteiger partial charge is 0.238 e. The van der Waals surface area contributed by atoms with Gasteiger partial charge in [0.1, 0.15) is 12.4 Å². The number of hydrogen-bond donors (Lipinski definition) is 1. The molecular weight excluding hydrogens is 582 g/mol. The van der Waals surface area contributed by atoms with E-state index in [1.807, 2.05) is 24.3 Å². The number of nitrogens with zero attached hydrogens (tertiary/aromatic N) is 1. The summed E-state index contributed by atoms with van der Waals surface area (Å²) < 4.78 is 5.88. The number of anilines is 1. The molecule has 4 atom stereocenters. The molecule has 1 fully saturated rings. The van der Waals surface area contributed by atoms with Crippen LogP contribution in [-0.4, -0.2) is 47.5 Å². The maximum absolute atomic E-state index is 14.2. The fourth-order valence-corrected chi connectivity index (χ4v) is 7.50. The average Bonchev–Trinajstić information content (AvgIpc) is 3.34. The van der Waals surface area contributed by atoms with Crippen LogP contribution in [0.25, 0.3) is 0 Å². The summed E-state index contributed by atoms with van der Waals surface area (Å²) in [5.41, 5.74) is 3.95. The molecule has 0 saturated carbocycles.